The van der Waals surface area contributed by atoms with Crippen LogP contribution in [0, 0.1) is 0 Å². The maximum absolute atomic E-state index is 12.2. The summed E-state index contributed by atoms with van der Waals surface area (Å²) in [6.07, 6.45) is 2.49. The highest BCUT2D eigenvalue weighted by Crippen LogP contribution is 2.12. The molecule has 2 amide bonds. The summed E-state index contributed by atoms with van der Waals surface area (Å²) in [5, 5.41) is 6.39. The van der Waals surface area contributed by atoms with Gasteiger partial charge in [0.05, 0.1) is 0 Å². The van der Waals surface area contributed by atoms with Crippen LogP contribution in [0.3, 0.4) is 0 Å². The van der Waals surface area contributed by atoms with Crippen molar-refractivity contribution in [2.45, 2.75) is 25.3 Å². The molecule has 2 heterocycles. The molecule has 7 heteroatoms. The largest absolute Gasteiger partial charge is 0.349 e. The normalized spacial score (nSPS) is 18.8. The van der Waals surface area contributed by atoms with Gasteiger partial charge in [0.1, 0.15) is 0 Å². The van der Waals surface area contributed by atoms with Crippen LogP contribution in [0.15, 0.2) is 30.3 Å². The van der Waals surface area contributed by atoms with Crippen LogP contribution in [0.2, 0.25) is 0 Å². The number of hydrogen-bond donors (Lipinski definition) is 2. The van der Waals surface area contributed by atoms with E-state index < -0.39 is 0 Å². The fourth-order valence-electron chi connectivity index (χ4n) is 3.49. The first kappa shape index (κ1) is 20.7. The van der Waals surface area contributed by atoms with Crippen LogP contribution in [-0.2, 0) is 4.79 Å². The molecule has 0 atom stereocenters. The second-order valence-electron chi connectivity index (χ2n) is 6.84. The highest BCUT2D eigenvalue weighted by atomic mass is 35.5. The minimum Gasteiger partial charge on any atom is -0.349 e. The molecule has 144 valence electrons. The highest BCUT2D eigenvalue weighted by molar-refractivity contribution is 5.94. The molecule has 6 nitrogen and oxygen atoms in total. The molecule has 2 N–H and O–H groups in total. The summed E-state index contributed by atoms with van der Waals surface area (Å²) >= 11 is 0. The molecule has 0 unspecified atom stereocenters. The zero-order valence-corrected chi connectivity index (χ0v) is 16.0. The maximum Gasteiger partial charge on any atom is 0.251 e. The Bertz CT molecular complexity index is 570. The monoisotopic (exact) mass is 380 g/mol. The smallest absolute Gasteiger partial charge is 0.251 e. The Morgan fingerprint density at radius 1 is 1.04 bits per heavy atom. The van der Waals surface area contributed by atoms with Gasteiger partial charge in [-0.15, -0.1) is 12.4 Å². The van der Waals surface area contributed by atoms with Gasteiger partial charge in [0.25, 0.3) is 5.91 Å². The number of carbonyl (C=O) groups is 2. The van der Waals surface area contributed by atoms with E-state index in [1.807, 2.05) is 35.2 Å². The predicted octanol–water partition coefficient (Wildman–Crippen LogP) is 1.12. The molecule has 1 aromatic rings. The first-order valence-corrected chi connectivity index (χ1v) is 9.29. The standard InChI is InChI=1S/C19H28N4O2.ClH/c24-18(23-14-9-20-10-15-23)8-13-22-11-6-17(7-12-22)21-19(25)16-4-2-1-3-5-16;/h1-5,17,20H,6-15H2,(H,21,25);1H. The van der Waals surface area contributed by atoms with Crippen molar-refractivity contribution in [1.82, 2.24) is 20.4 Å². The van der Waals surface area contributed by atoms with Crippen LogP contribution in [0.4, 0.5) is 0 Å². The fraction of sp³-hybridized carbons (Fsp3) is 0.579. The van der Waals surface area contributed by atoms with Crippen molar-refractivity contribution >= 4 is 24.2 Å². The van der Waals surface area contributed by atoms with Crippen molar-refractivity contribution < 1.29 is 9.59 Å². The molecule has 0 radical (unpaired) electrons. The molecule has 2 fully saturated rings. The van der Waals surface area contributed by atoms with Crippen molar-refractivity contribution in [2.75, 3.05) is 45.8 Å². The van der Waals surface area contributed by atoms with Crippen LogP contribution >= 0.6 is 12.4 Å². The highest BCUT2D eigenvalue weighted by Gasteiger charge is 2.22. The lowest BCUT2D eigenvalue weighted by Crippen LogP contribution is -2.48. The zero-order chi connectivity index (χ0) is 17.5. The number of hydrogen-bond acceptors (Lipinski definition) is 4. The van der Waals surface area contributed by atoms with Crippen molar-refractivity contribution in [3.8, 4) is 0 Å². The number of piperidine rings is 1. The minimum absolute atomic E-state index is 0. The van der Waals surface area contributed by atoms with Crippen LogP contribution in [0.5, 0.6) is 0 Å². The van der Waals surface area contributed by atoms with E-state index in [1.165, 1.54) is 0 Å². The molecule has 0 saturated carbocycles. The topological polar surface area (TPSA) is 64.7 Å². The van der Waals surface area contributed by atoms with Crippen molar-refractivity contribution in [2.24, 2.45) is 0 Å². The van der Waals surface area contributed by atoms with E-state index in [2.05, 4.69) is 15.5 Å². The number of benzene rings is 1. The molecule has 2 saturated heterocycles. The second-order valence-corrected chi connectivity index (χ2v) is 6.84. The average molecular weight is 381 g/mol. The van der Waals surface area contributed by atoms with Crippen molar-refractivity contribution in [3.63, 3.8) is 0 Å². The predicted molar refractivity (Wildman–Crippen MR) is 105 cm³/mol. The van der Waals surface area contributed by atoms with E-state index in [1.54, 1.807) is 0 Å². The Labute approximate surface area is 161 Å². The summed E-state index contributed by atoms with van der Waals surface area (Å²) < 4.78 is 0. The lowest BCUT2D eigenvalue weighted by atomic mass is 10.0. The van der Waals surface area contributed by atoms with Gasteiger partial charge in [-0.25, -0.2) is 0 Å². The molecule has 26 heavy (non-hydrogen) atoms. The van der Waals surface area contributed by atoms with E-state index >= 15 is 0 Å². The van der Waals surface area contributed by atoms with E-state index in [9.17, 15) is 9.59 Å². The first-order valence-electron chi connectivity index (χ1n) is 9.29. The number of piperazine rings is 1. The van der Waals surface area contributed by atoms with Crippen LogP contribution < -0.4 is 10.6 Å². The number of nitrogens with one attached hydrogen (secondary N) is 2. The van der Waals surface area contributed by atoms with Gasteiger partial charge in [0.2, 0.25) is 5.91 Å². The lowest BCUT2D eigenvalue weighted by molar-refractivity contribution is -0.132. The molecule has 0 bridgehead atoms. The lowest BCUT2D eigenvalue weighted by Gasteiger charge is -2.33. The third-order valence-electron chi connectivity index (χ3n) is 5.07. The molecule has 2 aliphatic heterocycles. The number of amides is 2. The van der Waals surface area contributed by atoms with E-state index in [0.29, 0.717) is 12.0 Å². The van der Waals surface area contributed by atoms with Gasteiger partial charge in [-0.3, -0.25) is 9.59 Å². The summed E-state index contributed by atoms with van der Waals surface area (Å²) in [5.41, 5.74) is 0.714. The molecule has 2 aliphatic rings. The third-order valence-corrected chi connectivity index (χ3v) is 5.07. The first-order chi connectivity index (χ1) is 12.2. The Kier molecular flexibility index (Phi) is 8.35. The molecular formula is C19H29ClN4O2. The number of nitrogens with zero attached hydrogens (tertiary/aromatic N) is 2. The summed E-state index contributed by atoms with van der Waals surface area (Å²) in [6, 6.07) is 9.59. The second kappa shape index (κ2) is 10.5. The van der Waals surface area contributed by atoms with Gasteiger partial charge in [0.15, 0.2) is 0 Å². The fourth-order valence-corrected chi connectivity index (χ4v) is 3.49. The quantitative estimate of drug-likeness (QED) is 0.803. The number of likely N-dealkylation sites (tertiary alicyclic amines) is 1. The van der Waals surface area contributed by atoms with Crippen LogP contribution in [-0.4, -0.2) is 73.5 Å². The summed E-state index contributed by atoms with van der Waals surface area (Å²) in [4.78, 5) is 28.7. The molecule has 0 aliphatic carbocycles. The summed E-state index contributed by atoms with van der Waals surface area (Å²) in [7, 11) is 0. The van der Waals surface area contributed by atoms with E-state index in [0.717, 1.165) is 58.7 Å². The van der Waals surface area contributed by atoms with Crippen molar-refractivity contribution in [3.05, 3.63) is 35.9 Å². The molecular weight excluding hydrogens is 352 g/mol. The van der Waals surface area contributed by atoms with Crippen LogP contribution in [0.1, 0.15) is 29.6 Å². The van der Waals surface area contributed by atoms with Gasteiger partial charge in [0, 0.05) is 63.8 Å². The molecule has 0 spiro atoms. The number of rotatable bonds is 5. The van der Waals surface area contributed by atoms with Crippen molar-refractivity contribution in [1.29, 1.82) is 0 Å². The van der Waals surface area contributed by atoms with Gasteiger partial charge in [-0.1, -0.05) is 18.2 Å². The van der Waals surface area contributed by atoms with E-state index in [4.69, 9.17) is 0 Å². The Morgan fingerprint density at radius 2 is 1.69 bits per heavy atom. The van der Waals surface area contributed by atoms with Gasteiger partial charge in [-0.2, -0.15) is 0 Å². The van der Waals surface area contributed by atoms with Crippen LogP contribution in [0.25, 0.3) is 0 Å². The van der Waals surface area contributed by atoms with Gasteiger partial charge < -0.3 is 20.4 Å². The molecule has 0 aromatic heterocycles. The molecule has 1 aromatic carbocycles. The SMILES string of the molecule is Cl.O=C(NC1CCN(CCC(=O)N2CCNCC2)CC1)c1ccccc1. The Hall–Kier alpha value is -1.63. The number of carbonyl (C=O) groups excluding carboxylic acids is 2. The van der Waals surface area contributed by atoms with Gasteiger partial charge >= 0.3 is 0 Å². The van der Waals surface area contributed by atoms with Gasteiger partial charge in [-0.05, 0) is 25.0 Å². The van der Waals surface area contributed by atoms with E-state index in [-0.39, 0.29) is 30.3 Å². The summed E-state index contributed by atoms with van der Waals surface area (Å²) in [6.45, 7) is 6.15. The zero-order valence-electron chi connectivity index (χ0n) is 15.2. The average Bonchev–Trinajstić information content (AvgIpc) is 2.68. The minimum atomic E-state index is 0. The number of halogens is 1. The third kappa shape index (κ3) is 5.97. The Morgan fingerprint density at radius 3 is 2.35 bits per heavy atom. The maximum atomic E-state index is 12.2. The molecule has 3 rings (SSSR count). The Balaban J connectivity index is 0.00000243. The summed E-state index contributed by atoms with van der Waals surface area (Å²) in [5.74, 6) is 0.272.